The fourth-order valence-electron chi connectivity index (χ4n) is 1.44. The van der Waals surface area contributed by atoms with Gasteiger partial charge in [0.05, 0.1) is 5.69 Å². The second-order valence-corrected chi connectivity index (χ2v) is 3.78. The standard InChI is InChI=1S/C12H8ClF2N/c13-8-3-1-2-7(6-8)9-4-5-10(16)12(15)11(9)14/h1-6H,16H2. The highest BCUT2D eigenvalue weighted by Crippen LogP contribution is 2.28. The molecule has 0 bridgehead atoms. The predicted octanol–water partition coefficient (Wildman–Crippen LogP) is 3.87. The lowest BCUT2D eigenvalue weighted by Crippen LogP contribution is -1.96. The normalized spacial score (nSPS) is 10.4. The molecule has 2 N–H and O–H groups in total. The molecule has 2 aromatic rings. The molecule has 0 atom stereocenters. The first-order valence-electron chi connectivity index (χ1n) is 4.59. The highest BCUT2D eigenvalue weighted by Gasteiger charge is 2.12. The van der Waals surface area contributed by atoms with Crippen LogP contribution in [0.5, 0.6) is 0 Å². The molecule has 0 aliphatic heterocycles. The van der Waals surface area contributed by atoms with Crippen LogP contribution in [0, 0.1) is 11.6 Å². The van der Waals surface area contributed by atoms with Gasteiger partial charge in [-0.05, 0) is 29.8 Å². The number of halogens is 3. The first-order chi connectivity index (χ1) is 7.59. The number of benzene rings is 2. The Morgan fingerprint density at radius 2 is 1.75 bits per heavy atom. The van der Waals surface area contributed by atoms with Gasteiger partial charge >= 0.3 is 0 Å². The van der Waals surface area contributed by atoms with Crippen molar-refractivity contribution in [3.8, 4) is 11.1 Å². The molecule has 82 valence electrons. The molecule has 0 aliphatic carbocycles. The van der Waals surface area contributed by atoms with E-state index >= 15 is 0 Å². The molecule has 0 saturated heterocycles. The summed E-state index contributed by atoms with van der Waals surface area (Å²) in [6.07, 6.45) is 0. The summed E-state index contributed by atoms with van der Waals surface area (Å²) in [5.74, 6) is -1.99. The van der Waals surface area contributed by atoms with Gasteiger partial charge < -0.3 is 5.73 Å². The van der Waals surface area contributed by atoms with Gasteiger partial charge in [0.15, 0.2) is 11.6 Å². The SMILES string of the molecule is Nc1ccc(-c2cccc(Cl)c2)c(F)c1F. The van der Waals surface area contributed by atoms with Gasteiger partial charge in [0, 0.05) is 10.6 Å². The fraction of sp³-hybridized carbons (Fsp3) is 0. The van der Waals surface area contributed by atoms with E-state index in [9.17, 15) is 8.78 Å². The van der Waals surface area contributed by atoms with E-state index < -0.39 is 11.6 Å². The fourth-order valence-corrected chi connectivity index (χ4v) is 1.63. The molecule has 16 heavy (non-hydrogen) atoms. The number of hydrogen-bond acceptors (Lipinski definition) is 1. The Kier molecular flexibility index (Phi) is 2.79. The van der Waals surface area contributed by atoms with Crippen molar-refractivity contribution < 1.29 is 8.78 Å². The lowest BCUT2D eigenvalue weighted by Gasteiger charge is -2.06. The zero-order valence-corrected chi connectivity index (χ0v) is 8.93. The molecule has 0 saturated carbocycles. The Hall–Kier alpha value is -1.61. The van der Waals surface area contributed by atoms with Gasteiger partial charge in [-0.3, -0.25) is 0 Å². The van der Waals surface area contributed by atoms with Gasteiger partial charge in [-0.25, -0.2) is 8.78 Å². The highest BCUT2D eigenvalue weighted by molar-refractivity contribution is 6.30. The van der Waals surface area contributed by atoms with Crippen LogP contribution in [0.2, 0.25) is 5.02 Å². The number of nitrogens with two attached hydrogens (primary N) is 1. The maximum absolute atomic E-state index is 13.6. The first kappa shape index (κ1) is 10.9. The van der Waals surface area contributed by atoms with Crippen LogP contribution in [-0.4, -0.2) is 0 Å². The predicted molar refractivity (Wildman–Crippen MR) is 61.2 cm³/mol. The molecule has 4 heteroatoms. The van der Waals surface area contributed by atoms with Gasteiger partial charge in [-0.15, -0.1) is 0 Å². The smallest absolute Gasteiger partial charge is 0.182 e. The molecule has 0 heterocycles. The monoisotopic (exact) mass is 239 g/mol. The van der Waals surface area contributed by atoms with Gasteiger partial charge in [-0.1, -0.05) is 23.7 Å². The van der Waals surface area contributed by atoms with E-state index in [2.05, 4.69) is 0 Å². The third-order valence-electron chi connectivity index (χ3n) is 2.25. The summed E-state index contributed by atoms with van der Waals surface area (Å²) in [5, 5.41) is 0.467. The topological polar surface area (TPSA) is 26.0 Å². The van der Waals surface area contributed by atoms with Crippen LogP contribution in [0.4, 0.5) is 14.5 Å². The maximum Gasteiger partial charge on any atom is 0.182 e. The largest absolute Gasteiger partial charge is 0.396 e. The van der Waals surface area contributed by atoms with E-state index in [1.165, 1.54) is 12.1 Å². The molecular weight excluding hydrogens is 232 g/mol. The minimum absolute atomic E-state index is 0.147. The van der Waals surface area contributed by atoms with Gasteiger partial charge in [-0.2, -0.15) is 0 Å². The molecule has 0 spiro atoms. The van der Waals surface area contributed by atoms with Crippen molar-refractivity contribution in [1.82, 2.24) is 0 Å². The molecular formula is C12H8ClF2N. The van der Waals surface area contributed by atoms with Crippen molar-refractivity contribution >= 4 is 17.3 Å². The summed E-state index contributed by atoms with van der Waals surface area (Å²) in [5.41, 5.74) is 5.72. The van der Waals surface area contributed by atoms with E-state index in [1.807, 2.05) is 0 Å². The zero-order valence-electron chi connectivity index (χ0n) is 8.18. The molecule has 2 rings (SSSR count). The van der Waals surface area contributed by atoms with Crippen LogP contribution in [0.15, 0.2) is 36.4 Å². The van der Waals surface area contributed by atoms with Crippen LogP contribution in [0.1, 0.15) is 0 Å². The van der Waals surface area contributed by atoms with E-state index in [-0.39, 0.29) is 11.3 Å². The molecule has 0 aromatic heterocycles. The average Bonchev–Trinajstić information content (AvgIpc) is 2.26. The lowest BCUT2D eigenvalue weighted by atomic mass is 10.0. The quantitative estimate of drug-likeness (QED) is 0.751. The average molecular weight is 240 g/mol. The first-order valence-corrected chi connectivity index (χ1v) is 4.97. The van der Waals surface area contributed by atoms with Crippen LogP contribution in [0.25, 0.3) is 11.1 Å². The summed E-state index contributed by atoms with van der Waals surface area (Å²) in [6, 6.07) is 9.31. The molecule has 0 aliphatic rings. The van der Waals surface area contributed by atoms with Crippen molar-refractivity contribution in [3.63, 3.8) is 0 Å². The van der Waals surface area contributed by atoms with Crippen molar-refractivity contribution in [1.29, 1.82) is 0 Å². The van der Waals surface area contributed by atoms with Crippen LogP contribution < -0.4 is 5.73 Å². The number of rotatable bonds is 1. The maximum atomic E-state index is 13.6. The second kappa shape index (κ2) is 4.10. The Bertz CT molecular complexity index is 541. The van der Waals surface area contributed by atoms with Gasteiger partial charge in [0.25, 0.3) is 0 Å². The van der Waals surface area contributed by atoms with Crippen LogP contribution >= 0.6 is 11.6 Å². The van der Waals surface area contributed by atoms with Crippen molar-refractivity contribution in [2.75, 3.05) is 5.73 Å². The summed E-state index contributed by atoms with van der Waals surface area (Å²) in [7, 11) is 0. The van der Waals surface area contributed by atoms with E-state index in [1.54, 1.807) is 24.3 Å². The minimum Gasteiger partial charge on any atom is -0.396 e. The molecule has 0 radical (unpaired) electrons. The third-order valence-corrected chi connectivity index (χ3v) is 2.48. The summed E-state index contributed by atoms with van der Waals surface area (Å²) >= 11 is 5.78. The minimum atomic E-state index is -1.03. The highest BCUT2D eigenvalue weighted by atomic mass is 35.5. The van der Waals surface area contributed by atoms with Crippen LogP contribution in [0.3, 0.4) is 0 Å². The Labute approximate surface area is 96.5 Å². The molecule has 1 nitrogen and oxygen atoms in total. The van der Waals surface area contributed by atoms with Gasteiger partial charge in [0.2, 0.25) is 0 Å². The van der Waals surface area contributed by atoms with Crippen LogP contribution in [-0.2, 0) is 0 Å². The van der Waals surface area contributed by atoms with E-state index in [0.717, 1.165) is 0 Å². The summed E-state index contributed by atoms with van der Waals surface area (Å²) < 4.78 is 26.8. The summed E-state index contributed by atoms with van der Waals surface area (Å²) in [6.45, 7) is 0. The Morgan fingerprint density at radius 3 is 2.44 bits per heavy atom. The van der Waals surface area contributed by atoms with Crippen molar-refractivity contribution in [3.05, 3.63) is 53.1 Å². The summed E-state index contributed by atoms with van der Waals surface area (Å²) in [4.78, 5) is 0. The van der Waals surface area contributed by atoms with Crippen molar-refractivity contribution in [2.45, 2.75) is 0 Å². The number of nitrogen functional groups attached to an aromatic ring is 1. The molecule has 2 aromatic carbocycles. The van der Waals surface area contributed by atoms with Gasteiger partial charge in [0.1, 0.15) is 0 Å². The molecule has 0 amide bonds. The number of anilines is 1. The lowest BCUT2D eigenvalue weighted by molar-refractivity contribution is 0.514. The van der Waals surface area contributed by atoms with E-state index in [0.29, 0.717) is 10.6 Å². The zero-order chi connectivity index (χ0) is 11.7. The van der Waals surface area contributed by atoms with E-state index in [4.69, 9.17) is 17.3 Å². The molecule has 0 unspecified atom stereocenters. The Balaban J connectivity index is 2.61. The third kappa shape index (κ3) is 1.86. The molecule has 0 fully saturated rings. The number of hydrogen-bond donors (Lipinski definition) is 1. The van der Waals surface area contributed by atoms with Crippen molar-refractivity contribution in [2.24, 2.45) is 0 Å². The Morgan fingerprint density at radius 1 is 1.00 bits per heavy atom. The second-order valence-electron chi connectivity index (χ2n) is 3.34.